The van der Waals surface area contributed by atoms with Crippen LogP contribution in [0.3, 0.4) is 0 Å². The van der Waals surface area contributed by atoms with Crippen LogP contribution in [0.1, 0.15) is 49.2 Å². The first-order chi connectivity index (χ1) is 16.9. The van der Waals surface area contributed by atoms with Crippen LogP contribution in [-0.2, 0) is 4.74 Å². The Kier molecular flexibility index (Phi) is 6.16. The zero-order chi connectivity index (χ0) is 24.7. The van der Waals surface area contributed by atoms with Crippen LogP contribution in [0, 0.1) is 12.3 Å². The highest BCUT2D eigenvalue weighted by molar-refractivity contribution is 6.14. The fourth-order valence-electron chi connectivity index (χ4n) is 5.03. The molecule has 3 aromatic heterocycles. The van der Waals surface area contributed by atoms with Gasteiger partial charge in [0.1, 0.15) is 16.7 Å². The van der Waals surface area contributed by atoms with Crippen molar-refractivity contribution in [2.75, 3.05) is 27.2 Å². The molecule has 5 heterocycles. The molecular weight excluding hydrogens is 446 g/mol. The Bertz CT molecular complexity index is 1420. The van der Waals surface area contributed by atoms with Crippen LogP contribution in [0.2, 0.25) is 0 Å². The summed E-state index contributed by atoms with van der Waals surface area (Å²) < 4.78 is 14.0. The predicted molar refractivity (Wildman–Crippen MR) is 136 cm³/mol. The third kappa shape index (κ3) is 4.02. The van der Waals surface area contributed by atoms with Crippen LogP contribution >= 0.6 is 0 Å². The van der Waals surface area contributed by atoms with Gasteiger partial charge < -0.3 is 24.9 Å². The number of hydrazine groups is 1. The van der Waals surface area contributed by atoms with Crippen LogP contribution in [0.15, 0.2) is 27.7 Å². The molecule has 0 amide bonds. The smallest absolute Gasteiger partial charge is 0.349 e. The van der Waals surface area contributed by atoms with Gasteiger partial charge in [-0.1, -0.05) is 6.92 Å². The summed E-state index contributed by atoms with van der Waals surface area (Å²) in [5.41, 5.74) is 8.92. The van der Waals surface area contributed by atoms with E-state index >= 15 is 0 Å². The summed E-state index contributed by atoms with van der Waals surface area (Å²) in [5, 5.41) is 12.8. The highest BCUT2D eigenvalue weighted by Crippen LogP contribution is 2.36. The Morgan fingerprint density at radius 2 is 2.23 bits per heavy atom. The van der Waals surface area contributed by atoms with Crippen molar-refractivity contribution in [2.45, 2.75) is 45.3 Å². The molecule has 5 rings (SSSR count). The van der Waals surface area contributed by atoms with Gasteiger partial charge in [0.25, 0.3) is 0 Å². The lowest BCUT2D eigenvalue weighted by atomic mass is 10.0. The molecule has 3 N–H and O–H groups in total. The molecule has 10 nitrogen and oxygen atoms in total. The zero-order valence-electron chi connectivity index (χ0n) is 20.5. The number of nitrogens with zero attached hydrogens (tertiary/aromatic N) is 4. The third-order valence-electron chi connectivity index (χ3n) is 6.76. The molecular formula is C25H31N7O3. The highest BCUT2D eigenvalue weighted by atomic mass is 16.5. The van der Waals surface area contributed by atoms with Gasteiger partial charge in [0.15, 0.2) is 11.2 Å². The van der Waals surface area contributed by atoms with Gasteiger partial charge in [0, 0.05) is 63.0 Å². The van der Waals surface area contributed by atoms with E-state index in [0.29, 0.717) is 53.0 Å². The molecule has 0 radical (unpaired) electrons. The van der Waals surface area contributed by atoms with Gasteiger partial charge in [0.05, 0.1) is 11.8 Å². The molecule has 0 aliphatic carbocycles. The minimum Gasteiger partial charge on any atom is -0.450 e. The van der Waals surface area contributed by atoms with Gasteiger partial charge in [-0.05, 0) is 37.8 Å². The maximum absolute atomic E-state index is 13.6. The number of rotatable bonds is 6. The Morgan fingerprint density at radius 3 is 2.91 bits per heavy atom. The SMILES string of the molecule is CC[C@H]1C[C@@H](n2c(=O)nc(/C(C=N)=C/NC)c3oc4cc(C)c(C5=CN(C)NC5)nc4c32)CCO1. The van der Waals surface area contributed by atoms with E-state index in [-0.39, 0.29) is 17.8 Å². The number of allylic oxidation sites excluding steroid dienone is 1. The van der Waals surface area contributed by atoms with Gasteiger partial charge >= 0.3 is 5.69 Å². The number of pyridine rings is 1. The van der Waals surface area contributed by atoms with Crippen molar-refractivity contribution in [3.8, 4) is 0 Å². The molecule has 35 heavy (non-hydrogen) atoms. The molecule has 0 aromatic carbocycles. The van der Waals surface area contributed by atoms with Crippen molar-refractivity contribution in [1.82, 2.24) is 30.3 Å². The summed E-state index contributed by atoms with van der Waals surface area (Å²) in [4.78, 5) is 23.0. The average molecular weight is 478 g/mol. The van der Waals surface area contributed by atoms with Crippen molar-refractivity contribution in [3.63, 3.8) is 0 Å². The first kappa shape index (κ1) is 23.3. The van der Waals surface area contributed by atoms with Gasteiger partial charge in [-0.3, -0.25) is 4.57 Å². The standard InChI is InChI=1S/C25H31N7O3/c1-5-18-9-17(6-7-34-18)32-23-22-19(8-14(2)20(29-22)16-12-28-31(4)13-16)35-24(23)21(30-25(32)33)15(10-26)11-27-3/h8,10-11,13,17-18,26-28H,5-7,9,12H2,1-4H3/b15-11+,26-10?/t17-,18-/m0/s1. The van der Waals surface area contributed by atoms with E-state index in [0.717, 1.165) is 29.7 Å². The summed E-state index contributed by atoms with van der Waals surface area (Å²) >= 11 is 0. The van der Waals surface area contributed by atoms with Gasteiger partial charge in [-0.2, -0.15) is 4.98 Å². The maximum Gasteiger partial charge on any atom is 0.349 e. The molecule has 2 aliphatic heterocycles. The fraction of sp³-hybridized carbons (Fsp3) is 0.440. The lowest BCUT2D eigenvalue weighted by Crippen LogP contribution is -2.34. The number of aromatic nitrogens is 3. The monoisotopic (exact) mass is 477 g/mol. The van der Waals surface area contributed by atoms with E-state index in [1.54, 1.807) is 17.8 Å². The molecule has 1 fully saturated rings. The van der Waals surface area contributed by atoms with Crippen LogP contribution in [0.25, 0.3) is 33.3 Å². The largest absolute Gasteiger partial charge is 0.450 e. The average Bonchev–Trinajstić information content (AvgIpc) is 3.44. The number of aryl methyl sites for hydroxylation is 1. The van der Waals surface area contributed by atoms with E-state index in [2.05, 4.69) is 22.7 Å². The Hall–Kier alpha value is -3.50. The zero-order valence-corrected chi connectivity index (χ0v) is 20.5. The third-order valence-corrected chi connectivity index (χ3v) is 6.76. The molecule has 1 saturated heterocycles. The van der Waals surface area contributed by atoms with Crippen molar-refractivity contribution in [2.24, 2.45) is 0 Å². The van der Waals surface area contributed by atoms with Crippen LogP contribution < -0.4 is 16.4 Å². The molecule has 0 spiro atoms. The van der Waals surface area contributed by atoms with Gasteiger partial charge in [-0.15, -0.1) is 0 Å². The highest BCUT2D eigenvalue weighted by Gasteiger charge is 2.30. The maximum atomic E-state index is 13.6. The number of furan rings is 1. The summed E-state index contributed by atoms with van der Waals surface area (Å²) in [6.45, 7) is 5.36. The second-order valence-electron chi connectivity index (χ2n) is 9.11. The molecule has 2 atom stereocenters. The summed E-state index contributed by atoms with van der Waals surface area (Å²) in [5.74, 6) is 0. The normalized spacial score (nSPS) is 21.1. The van der Waals surface area contributed by atoms with Crippen molar-refractivity contribution >= 4 is 39.6 Å². The Morgan fingerprint density at radius 1 is 1.40 bits per heavy atom. The fourth-order valence-corrected chi connectivity index (χ4v) is 5.03. The van der Waals surface area contributed by atoms with Gasteiger partial charge in [-0.25, -0.2) is 15.2 Å². The molecule has 0 unspecified atom stereocenters. The molecule has 2 aliphatic rings. The van der Waals surface area contributed by atoms with E-state index in [1.807, 2.05) is 31.2 Å². The number of hydrogen-bond donors (Lipinski definition) is 3. The van der Waals surface area contributed by atoms with Crippen molar-refractivity contribution in [1.29, 1.82) is 5.41 Å². The number of hydrogen-bond acceptors (Lipinski definition) is 9. The minimum absolute atomic E-state index is 0.0761. The van der Waals surface area contributed by atoms with Crippen LogP contribution in [0.5, 0.6) is 0 Å². The number of fused-ring (bicyclic) bond motifs is 3. The first-order valence-electron chi connectivity index (χ1n) is 12.0. The molecule has 10 heteroatoms. The molecule has 0 saturated carbocycles. The second kappa shape index (κ2) is 9.27. The Labute approximate surface area is 203 Å². The van der Waals surface area contributed by atoms with Crippen LogP contribution in [-0.4, -0.2) is 59.1 Å². The predicted octanol–water partition coefficient (Wildman–Crippen LogP) is 2.98. The first-order valence-corrected chi connectivity index (χ1v) is 12.0. The lowest BCUT2D eigenvalue weighted by molar-refractivity contribution is -0.00711. The summed E-state index contributed by atoms with van der Waals surface area (Å²) in [6.07, 6.45) is 7.24. The van der Waals surface area contributed by atoms with Gasteiger partial charge in [0.2, 0.25) is 0 Å². The molecule has 184 valence electrons. The minimum atomic E-state index is -0.369. The van der Waals surface area contributed by atoms with Crippen LogP contribution in [0.4, 0.5) is 0 Å². The molecule has 0 bridgehead atoms. The van der Waals surface area contributed by atoms with E-state index < -0.39 is 0 Å². The number of ether oxygens (including phenoxy) is 1. The molecule has 3 aromatic rings. The van der Waals surface area contributed by atoms with E-state index in [9.17, 15) is 4.79 Å². The van der Waals surface area contributed by atoms with E-state index in [4.69, 9.17) is 19.5 Å². The van der Waals surface area contributed by atoms with E-state index in [1.165, 1.54) is 6.21 Å². The van der Waals surface area contributed by atoms with Crippen molar-refractivity contribution < 1.29 is 9.15 Å². The van der Waals surface area contributed by atoms with Crippen molar-refractivity contribution in [3.05, 3.63) is 45.9 Å². The summed E-state index contributed by atoms with van der Waals surface area (Å²) in [7, 11) is 3.69. The quantitative estimate of drug-likeness (QED) is 0.464. The summed E-state index contributed by atoms with van der Waals surface area (Å²) in [6, 6.07) is 1.90. The number of nitrogens with one attached hydrogen (secondary N) is 3. The Balaban J connectivity index is 1.83. The topological polar surface area (TPSA) is 121 Å². The lowest BCUT2D eigenvalue weighted by Gasteiger charge is -2.30. The second-order valence-corrected chi connectivity index (χ2v) is 9.11.